The zero-order valence-corrected chi connectivity index (χ0v) is 22.0. The van der Waals surface area contributed by atoms with Gasteiger partial charge in [-0.3, -0.25) is 4.90 Å². The summed E-state index contributed by atoms with van der Waals surface area (Å²) in [5, 5.41) is 20.1. The molecule has 1 aliphatic heterocycles. The molecule has 4 heterocycles. The van der Waals surface area contributed by atoms with Gasteiger partial charge in [0, 0.05) is 73.0 Å². The molecule has 1 saturated heterocycles. The first-order chi connectivity index (χ1) is 17.2. The number of likely N-dealkylation sites (tertiary alicyclic amines) is 1. The summed E-state index contributed by atoms with van der Waals surface area (Å²) in [6, 6.07) is 7.87. The molecule has 1 fully saturated rings. The molecule has 1 aliphatic rings. The molecule has 10 heteroatoms. The van der Waals surface area contributed by atoms with Crippen molar-refractivity contribution in [1.82, 2.24) is 29.2 Å². The van der Waals surface area contributed by atoms with Crippen molar-refractivity contribution in [2.45, 2.75) is 52.6 Å². The number of rotatable bonds is 7. The molecule has 3 aromatic heterocycles. The minimum absolute atomic E-state index is 0.0883. The van der Waals surface area contributed by atoms with Crippen molar-refractivity contribution in [3.63, 3.8) is 0 Å². The second-order valence-electron chi connectivity index (χ2n) is 9.72. The summed E-state index contributed by atoms with van der Waals surface area (Å²) in [4.78, 5) is 11.3. The molecule has 1 aromatic carbocycles. The molecule has 0 amide bonds. The Bertz CT molecular complexity index is 1400. The Kier molecular flexibility index (Phi) is 6.74. The molecule has 5 rings (SSSR count). The van der Waals surface area contributed by atoms with Crippen LogP contribution in [0.25, 0.3) is 16.7 Å². The standard InChI is InChI=1S/C26H32ClN7O2/c1-15(2)36-23-14-33(13-22(23)35)11-18-12-34(31-16(18)3)24-8-9-28-26(30-24)29-19-6-7-21-20(10-19)25(27)17(4)32(21)5/h6-10,12,15,22-23,35H,11,13-14H2,1-5H3,(H,28,29,30). The third-order valence-corrected chi connectivity index (χ3v) is 7.18. The first-order valence-corrected chi connectivity index (χ1v) is 12.5. The van der Waals surface area contributed by atoms with Gasteiger partial charge in [-0.2, -0.15) is 10.1 Å². The number of hydrogen-bond donors (Lipinski definition) is 2. The molecule has 190 valence electrons. The summed E-state index contributed by atoms with van der Waals surface area (Å²) < 4.78 is 9.70. The molecule has 0 saturated carbocycles. The molecule has 4 aromatic rings. The molecular formula is C26H32ClN7O2. The molecule has 0 bridgehead atoms. The Balaban J connectivity index is 1.32. The predicted molar refractivity (Wildman–Crippen MR) is 141 cm³/mol. The van der Waals surface area contributed by atoms with Gasteiger partial charge >= 0.3 is 0 Å². The summed E-state index contributed by atoms with van der Waals surface area (Å²) in [6.45, 7) is 9.94. The van der Waals surface area contributed by atoms with Gasteiger partial charge in [0.25, 0.3) is 0 Å². The Morgan fingerprint density at radius 3 is 2.81 bits per heavy atom. The van der Waals surface area contributed by atoms with Gasteiger partial charge in [0.2, 0.25) is 5.95 Å². The molecular weight excluding hydrogens is 478 g/mol. The van der Waals surface area contributed by atoms with E-state index in [1.165, 1.54) is 0 Å². The highest BCUT2D eigenvalue weighted by Gasteiger charge is 2.33. The van der Waals surface area contributed by atoms with E-state index in [1.54, 1.807) is 10.9 Å². The lowest BCUT2D eigenvalue weighted by molar-refractivity contribution is -0.0396. The first-order valence-electron chi connectivity index (χ1n) is 12.2. The van der Waals surface area contributed by atoms with Crippen LogP contribution in [0.15, 0.2) is 36.7 Å². The highest BCUT2D eigenvalue weighted by atomic mass is 35.5. The third-order valence-electron chi connectivity index (χ3n) is 6.70. The second kappa shape index (κ2) is 9.82. The van der Waals surface area contributed by atoms with Gasteiger partial charge < -0.3 is 19.7 Å². The maximum atomic E-state index is 10.4. The number of β-amino-alcohol motifs (C(OH)–C–C–N with tert-alkyl or cyclic N) is 1. The van der Waals surface area contributed by atoms with Crippen molar-refractivity contribution < 1.29 is 9.84 Å². The van der Waals surface area contributed by atoms with E-state index < -0.39 is 6.10 Å². The minimum atomic E-state index is -0.479. The average Bonchev–Trinajstić information content (AvgIpc) is 3.44. The van der Waals surface area contributed by atoms with E-state index in [9.17, 15) is 5.11 Å². The smallest absolute Gasteiger partial charge is 0.229 e. The number of aryl methyl sites for hydroxylation is 2. The van der Waals surface area contributed by atoms with Crippen LogP contribution in [0.3, 0.4) is 0 Å². The predicted octanol–water partition coefficient (Wildman–Crippen LogP) is 4.14. The maximum Gasteiger partial charge on any atom is 0.229 e. The fourth-order valence-electron chi connectivity index (χ4n) is 4.73. The van der Waals surface area contributed by atoms with Gasteiger partial charge in [0.05, 0.1) is 29.0 Å². The van der Waals surface area contributed by atoms with Crippen molar-refractivity contribution >= 4 is 34.1 Å². The summed E-state index contributed by atoms with van der Waals surface area (Å²) in [6.07, 6.45) is 3.15. The van der Waals surface area contributed by atoms with Gasteiger partial charge in [0.15, 0.2) is 5.82 Å². The van der Waals surface area contributed by atoms with Crippen LogP contribution < -0.4 is 5.32 Å². The number of hydrogen-bond acceptors (Lipinski definition) is 7. The Hall–Kier alpha value is -2.98. The molecule has 2 N–H and O–H groups in total. The van der Waals surface area contributed by atoms with Crippen molar-refractivity contribution in [2.75, 3.05) is 18.4 Å². The summed E-state index contributed by atoms with van der Waals surface area (Å²) in [5.41, 5.74) is 4.96. The average molecular weight is 510 g/mol. The van der Waals surface area contributed by atoms with E-state index in [4.69, 9.17) is 16.3 Å². The fraction of sp³-hybridized carbons (Fsp3) is 0.423. The van der Waals surface area contributed by atoms with Crippen LogP contribution in [0.5, 0.6) is 0 Å². The first kappa shape index (κ1) is 24.7. The van der Waals surface area contributed by atoms with Crippen LogP contribution in [-0.4, -0.2) is 65.7 Å². The lowest BCUT2D eigenvalue weighted by Gasteiger charge is -2.18. The molecule has 36 heavy (non-hydrogen) atoms. The van der Waals surface area contributed by atoms with Gasteiger partial charge in [0.1, 0.15) is 0 Å². The zero-order chi connectivity index (χ0) is 25.6. The molecule has 9 nitrogen and oxygen atoms in total. The maximum absolute atomic E-state index is 10.4. The van der Waals surface area contributed by atoms with Crippen molar-refractivity contribution in [2.24, 2.45) is 7.05 Å². The SMILES string of the molecule is Cc1nn(-c2ccnc(Nc3ccc4c(c3)c(Cl)c(C)n4C)n2)cc1CN1CC(O)C(OC(C)C)C1. The van der Waals surface area contributed by atoms with E-state index >= 15 is 0 Å². The highest BCUT2D eigenvalue weighted by molar-refractivity contribution is 6.36. The van der Waals surface area contributed by atoms with Gasteiger partial charge in [-0.05, 0) is 45.9 Å². The molecule has 2 unspecified atom stereocenters. The van der Waals surface area contributed by atoms with E-state index in [0.29, 0.717) is 31.4 Å². The summed E-state index contributed by atoms with van der Waals surface area (Å²) in [7, 11) is 2.01. The number of aliphatic hydroxyl groups excluding tert-OH is 1. The fourth-order valence-corrected chi connectivity index (χ4v) is 5.00. The molecule has 0 spiro atoms. The summed E-state index contributed by atoms with van der Waals surface area (Å²) >= 11 is 6.53. The van der Waals surface area contributed by atoms with E-state index in [0.717, 1.165) is 38.6 Å². The van der Waals surface area contributed by atoms with E-state index in [1.807, 2.05) is 65.2 Å². The lowest BCUT2D eigenvalue weighted by Crippen LogP contribution is -2.29. The van der Waals surface area contributed by atoms with Crippen molar-refractivity contribution in [1.29, 1.82) is 0 Å². The number of nitrogens with zero attached hydrogens (tertiary/aromatic N) is 6. The minimum Gasteiger partial charge on any atom is -0.389 e. The third kappa shape index (κ3) is 4.84. The number of benzene rings is 1. The Morgan fingerprint density at radius 1 is 1.22 bits per heavy atom. The number of ether oxygens (including phenoxy) is 1. The second-order valence-corrected chi connectivity index (χ2v) is 10.1. The quantitative estimate of drug-likeness (QED) is 0.386. The van der Waals surface area contributed by atoms with Crippen LogP contribution in [0.2, 0.25) is 5.02 Å². The van der Waals surface area contributed by atoms with E-state index in [-0.39, 0.29) is 12.2 Å². The summed E-state index contributed by atoms with van der Waals surface area (Å²) in [5.74, 6) is 1.14. The molecule has 0 radical (unpaired) electrons. The largest absolute Gasteiger partial charge is 0.389 e. The van der Waals surface area contributed by atoms with Crippen molar-refractivity contribution in [3.05, 3.63) is 58.6 Å². The molecule has 0 aliphatic carbocycles. The number of aromatic nitrogens is 5. The van der Waals surface area contributed by atoms with E-state index in [2.05, 4.69) is 29.9 Å². The van der Waals surface area contributed by atoms with Gasteiger partial charge in [-0.25, -0.2) is 9.67 Å². The number of nitrogens with one attached hydrogen (secondary N) is 1. The number of halogens is 1. The Morgan fingerprint density at radius 2 is 2.03 bits per heavy atom. The normalized spacial score (nSPS) is 18.6. The monoisotopic (exact) mass is 509 g/mol. The van der Waals surface area contributed by atoms with Gasteiger partial charge in [-0.15, -0.1) is 0 Å². The number of anilines is 2. The van der Waals surface area contributed by atoms with Crippen LogP contribution >= 0.6 is 11.6 Å². The number of fused-ring (bicyclic) bond motifs is 1. The van der Waals surface area contributed by atoms with Crippen LogP contribution in [-0.2, 0) is 18.3 Å². The number of aliphatic hydroxyl groups is 1. The topological polar surface area (TPSA) is 93.3 Å². The van der Waals surface area contributed by atoms with Crippen LogP contribution in [0.1, 0.15) is 30.8 Å². The van der Waals surface area contributed by atoms with Crippen molar-refractivity contribution in [3.8, 4) is 5.82 Å². The highest BCUT2D eigenvalue weighted by Crippen LogP contribution is 2.32. The van der Waals surface area contributed by atoms with Crippen LogP contribution in [0.4, 0.5) is 11.6 Å². The molecule has 2 atom stereocenters. The zero-order valence-electron chi connectivity index (χ0n) is 21.2. The van der Waals surface area contributed by atoms with Gasteiger partial charge in [-0.1, -0.05) is 11.6 Å². The van der Waals surface area contributed by atoms with Crippen LogP contribution in [0, 0.1) is 13.8 Å². The Labute approximate surface area is 215 Å². The lowest BCUT2D eigenvalue weighted by atomic mass is 10.2.